The highest BCUT2D eigenvalue weighted by atomic mass is 32.1. The first kappa shape index (κ1) is 11.0. The van der Waals surface area contributed by atoms with E-state index < -0.39 is 0 Å². The van der Waals surface area contributed by atoms with Crippen LogP contribution >= 0.6 is 12.6 Å². The smallest absolute Gasteiger partial charge is 0.203 e. The molecule has 0 saturated carbocycles. The molecule has 0 saturated heterocycles. The summed E-state index contributed by atoms with van der Waals surface area (Å²) < 4.78 is 15.5. The molecule has 0 aromatic heterocycles. The minimum absolute atomic E-state index is 0.612. The van der Waals surface area contributed by atoms with Gasteiger partial charge in [-0.25, -0.2) is 0 Å². The van der Waals surface area contributed by atoms with Crippen LogP contribution < -0.4 is 14.2 Å². The van der Waals surface area contributed by atoms with Crippen LogP contribution in [0.4, 0.5) is 0 Å². The van der Waals surface area contributed by atoms with Crippen LogP contribution in [0.1, 0.15) is 5.56 Å². The maximum absolute atomic E-state index is 5.18. The van der Waals surface area contributed by atoms with Crippen molar-refractivity contribution in [3.8, 4) is 17.2 Å². The van der Waals surface area contributed by atoms with Crippen molar-refractivity contribution in [2.45, 2.75) is 5.75 Å². The van der Waals surface area contributed by atoms with Crippen LogP contribution in [0.2, 0.25) is 0 Å². The third-order valence-electron chi connectivity index (χ3n) is 1.91. The molecule has 0 unspecified atom stereocenters. The predicted octanol–water partition coefficient (Wildman–Crippen LogP) is 2.14. The Balaban J connectivity index is 3.24. The summed E-state index contributed by atoms with van der Waals surface area (Å²) in [5.74, 6) is 2.57. The standard InChI is InChI=1S/C10H14O3S/c1-11-8-4-7(6-14)5-9(12-2)10(8)13-3/h4-5,14H,6H2,1-3H3. The van der Waals surface area contributed by atoms with Gasteiger partial charge in [0.25, 0.3) is 0 Å². The van der Waals surface area contributed by atoms with Crippen molar-refractivity contribution in [2.75, 3.05) is 21.3 Å². The summed E-state index contributed by atoms with van der Waals surface area (Å²) in [6, 6.07) is 3.77. The van der Waals surface area contributed by atoms with Crippen molar-refractivity contribution in [3.63, 3.8) is 0 Å². The van der Waals surface area contributed by atoms with Gasteiger partial charge in [-0.1, -0.05) is 0 Å². The fraction of sp³-hybridized carbons (Fsp3) is 0.400. The normalized spacial score (nSPS) is 9.71. The van der Waals surface area contributed by atoms with Crippen molar-refractivity contribution in [1.82, 2.24) is 0 Å². The van der Waals surface area contributed by atoms with Gasteiger partial charge in [0, 0.05) is 5.75 Å². The topological polar surface area (TPSA) is 27.7 Å². The second-order valence-electron chi connectivity index (χ2n) is 2.69. The molecule has 0 amide bonds. The maximum atomic E-state index is 5.18. The predicted molar refractivity (Wildman–Crippen MR) is 58.8 cm³/mol. The number of thiol groups is 1. The number of hydrogen-bond acceptors (Lipinski definition) is 4. The van der Waals surface area contributed by atoms with Crippen LogP contribution in [0.3, 0.4) is 0 Å². The van der Waals surface area contributed by atoms with Crippen LogP contribution in [0.25, 0.3) is 0 Å². The van der Waals surface area contributed by atoms with E-state index in [1.165, 1.54) is 0 Å². The molecule has 0 bridgehead atoms. The quantitative estimate of drug-likeness (QED) is 0.778. The zero-order valence-corrected chi connectivity index (χ0v) is 9.43. The van der Waals surface area contributed by atoms with Gasteiger partial charge < -0.3 is 14.2 Å². The molecule has 0 spiro atoms. The van der Waals surface area contributed by atoms with Crippen LogP contribution in [0.5, 0.6) is 17.2 Å². The summed E-state index contributed by atoms with van der Waals surface area (Å²) in [5.41, 5.74) is 1.03. The highest BCUT2D eigenvalue weighted by Gasteiger charge is 2.11. The Morgan fingerprint density at radius 3 is 1.79 bits per heavy atom. The molecule has 0 atom stereocenters. The third kappa shape index (κ3) is 2.07. The highest BCUT2D eigenvalue weighted by Crippen LogP contribution is 2.38. The molecule has 0 radical (unpaired) electrons. The average Bonchev–Trinajstić information content (AvgIpc) is 2.26. The first-order valence-electron chi connectivity index (χ1n) is 4.16. The summed E-state index contributed by atoms with van der Waals surface area (Å²) in [7, 11) is 4.78. The van der Waals surface area contributed by atoms with E-state index in [4.69, 9.17) is 14.2 Å². The molecule has 0 fully saturated rings. The number of benzene rings is 1. The molecule has 0 N–H and O–H groups in total. The van der Waals surface area contributed by atoms with Crippen molar-refractivity contribution in [3.05, 3.63) is 17.7 Å². The number of rotatable bonds is 4. The highest BCUT2D eigenvalue weighted by molar-refractivity contribution is 7.79. The lowest BCUT2D eigenvalue weighted by Crippen LogP contribution is -1.96. The van der Waals surface area contributed by atoms with E-state index in [0.29, 0.717) is 23.0 Å². The SMILES string of the molecule is COc1cc(CS)cc(OC)c1OC. The zero-order chi connectivity index (χ0) is 10.6. The maximum Gasteiger partial charge on any atom is 0.203 e. The van der Waals surface area contributed by atoms with Gasteiger partial charge in [-0.3, -0.25) is 0 Å². The average molecular weight is 214 g/mol. The van der Waals surface area contributed by atoms with Crippen molar-refractivity contribution in [2.24, 2.45) is 0 Å². The van der Waals surface area contributed by atoms with Crippen molar-refractivity contribution >= 4 is 12.6 Å². The van der Waals surface area contributed by atoms with Crippen LogP contribution in [-0.2, 0) is 5.75 Å². The van der Waals surface area contributed by atoms with E-state index in [1.807, 2.05) is 12.1 Å². The Morgan fingerprint density at radius 1 is 1.00 bits per heavy atom. The molecule has 4 heteroatoms. The molecule has 0 aliphatic rings. The first-order chi connectivity index (χ1) is 6.76. The number of ether oxygens (including phenoxy) is 3. The largest absolute Gasteiger partial charge is 0.493 e. The van der Waals surface area contributed by atoms with Crippen molar-refractivity contribution < 1.29 is 14.2 Å². The zero-order valence-electron chi connectivity index (χ0n) is 8.53. The first-order valence-corrected chi connectivity index (χ1v) is 4.79. The van der Waals surface area contributed by atoms with Crippen LogP contribution in [0.15, 0.2) is 12.1 Å². The molecular formula is C10H14O3S. The lowest BCUT2D eigenvalue weighted by atomic mass is 10.2. The number of hydrogen-bond donors (Lipinski definition) is 1. The van der Waals surface area contributed by atoms with Gasteiger partial charge in [0.05, 0.1) is 21.3 Å². The Bertz CT molecular complexity index is 287. The Kier molecular flexibility index (Phi) is 3.95. The molecule has 0 aliphatic heterocycles. The van der Waals surface area contributed by atoms with Gasteiger partial charge in [-0.05, 0) is 17.7 Å². The van der Waals surface area contributed by atoms with Gasteiger partial charge in [-0.2, -0.15) is 12.6 Å². The molecule has 0 aliphatic carbocycles. The van der Waals surface area contributed by atoms with E-state index in [-0.39, 0.29) is 0 Å². The van der Waals surface area contributed by atoms with E-state index in [1.54, 1.807) is 21.3 Å². The second kappa shape index (κ2) is 5.00. The molecule has 78 valence electrons. The second-order valence-corrected chi connectivity index (χ2v) is 3.01. The molecule has 1 aromatic rings. The lowest BCUT2D eigenvalue weighted by Gasteiger charge is -2.13. The van der Waals surface area contributed by atoms with Gasteiger partial charge in [0.1, 0.15) is 0 Å². The van der Waals surface area contributed by atoms with E-state index >= 15 is 0 Å². The number of methoxy groups -OCH3 is 3. The van der Waals surface area contributed by atoms with Gasteiger partial charge in [0.15, 0.2) is 11.5 Å². The Labute approximate surface area is 89.4 Å². The van der Waals surface area contributed by atoms with Gasteiger partial charge >= 0.3 is 0 Å². The van der Waals surface area contributed by atoms with Gasteiger partial charge in [0.2, 0.25) is 5.75 Å². The van der Waals surface area contributed by atoms with Crippen LogP contribution in [0, 0.1) is 0 Å². The van der Waals surface area contributed by atoms with E-state index in [2.05, 4.69) is 12.6 Å². The molecular weight excluding hydrogens is 200 g/mol. The Hall–Kier alpha value is -1.03. The molecule has 14 heavy (non-hydrogen) atoms. The summed E-state index contributed by atoms with van der Waals surface area (Å²) in [6.45, 7) is 0. The van der Waals surface area contributed by atoms with Crippen molar-refractivity contribution in [1.29, 1.82) is 0 Å². The monoisotopic (exact) mass is 214 g/mol. The minimum Gasteiger partial charge on any atom is -0.493 e. The lowest BCUT2D eigenvalue weighted by molar-refractivity contribution is 0.324. The fourth-order valence-electron chi connectivity index (χ4n) is 1.23. The summed E-state index contributed by atoms with van der Waals surface area (Å²) in [6.07, 6.45) is 0. The summed E-state index contributed by atoms with van der Waals surface area (Å²) >= 11 is 4.19. The Morgan fingerprint density at radius 2 is 1.50 bits per heavy atom. The molecule has 0 heterocycles. The van der Waals surface area contributed by atoms with E-state index in [9.17, 15) is 0 Å². The molecule has 3 nitrogen and oxygen atoms in total. The summed E-state index contributed by atoms with van der Waals surface area (Å²) in [5, 5.41) is 0. The molecule has 1 rings (SSSR count). The van der Waals surface area contributed by atoms with E-state index in [0.717, 1.165) is 5.56 Å². The summed E-state index contributed by atoms with van der Waals surface area (Å²) in [4.78, 5) is 0. The van der Waals surface area contributed by atoms with Gasteiger partial charge in [-0.15, -0.1) is 0 Å². The fourth-order valence-corrected chi connectivity index (χ4v) is 1.41. The third-order valence-corrected chi connectivity index (χ3v) is 2.27. The molecule has 1 aromatic carbocycles. The van der Waals surface area contributed by atoms with Crippen LogP contribution in [-0.4, -0.2) is 21.3 Å². The minimum atomic E-state index is 0.612.